The first-order valence-electron chi connectivity index (χ1n) is 7.04. The summed E-state index contributed by atoms with van der Waals surface area (Å²) in [6.45, 7) is 0.500. The fraction of sp³-hybridized carbons (Fsp3) is 0.235. The fourth-order valence-electron chi connectivity index (χ4n) is 2.97. The maximum atomic E-state index is 11.0. The van der Waals surface area contributed by atoms with Crippen LogP contribution in [0.15, 0.2) is 42.5 Å². The van der Waals surface area contributed by atoms with E-state index in [0.29, 0.717) is 6.61 Å². The minimum absolute atomic E-state index is 0.0118. The SMILES string of the molecule is O=C(O)[C@H]1[C@@H]2Oc3cc(OCc4ccc(I)cc4)ccc3[C@@H]21. The Morgan fingerprint density at radius 2 is 2.00 bits per heavy atom. The number of fused-ring (bicyclic) bond motifs is 3. The summed E-state index contributed by atoms with van der Waals surface area (Å²) in [7, 11) is 0. The van der Waals surface area contributed by atoms with E-state index in [2.05, 4.69) is 22.6 Å². The van der Waals surface area contributed by atoms with Crippen molar-refractivity contribution >= 4 is 28.6 Å². The van der Waals surface area contributed by atoms with Gasteiger partial charge in [-0.1, -0.05) is 18.2 Å². The maximum absolute atomic E-state index is 11.0. The van der Waals surface area contributed by atoms with Gasteiger partial charge in [0.2, 0.25) is 0 Å². The van der Waals surface area contributed by atoms with E-state index in [1.165, 1.54) is 3.57 Å². The molecule has 4 nitrogen and oxygen atoms in total. The van der Waals surface area contributed by atoms with Crippen LogP contribution in [0.5, 0.6) is 11.5 Å². The number of benzene rings is 2. The van der Waals surface area contributed by atoms with Crippen molar-refractivity contribution in [2.45, 2.75) is 18.6 Å². The number of halogens is 1. The molecular weight excluding hydrogens is 395 g/mol. The van der Waals surface area contributed by atoms with Gasteiger partial charge < -0.3 is 14.6 Å². The predicted molar refractivity (Wildman–Crippen MR) is 88.2 cm³/mol. The highest BCUT2D eigenvalue weighted by molar-refractivity contribution is 14.1. The van der Waals surface area contributed by atoms with Gasteiger partial charge in [0.1, 0.15) is 30.1 Å². The quantitative estimate of drug-likeness (QED) is 0.788. The monoisotopic (exact) mass is 408 g/mol. The van der Waals surface area contributed by atoms with Crippen LogP contribution < -0.4 is 9.47 Å². The molecule has 1 aliphatic carbocycles. The molecular formula is C17H13IO4. The molecule has 1 heterocycles. The van der Waals surface area contributed by atoms with E-state index in [1.54, 1.807) is 0 Å². The molecule has 0 radical (unpaired) electrons. The van der Waals surface area contributed by atoms with Gasteiger partial charge in [-0.25, -0.2) is 0 Å². The van der Waals surface area contributed by atoms with Crippen molar-refractivity contribution in [1.29, 1.82) is 0 Å². The van der Waals surface area contributed by atoms with Gasteiger partial charge in [0, 0.05) is 21.1 Å². The lowest BCUT2D eigenvalue weighted by Gasteiger charge is -2.10. The van der Waals surface area contributed by atoms with E-state index in [0.717, 1.165) is 22.6 Å². The van der Waals surface area contributed by atoms with Crippen LogP contribution in [-0.2, 0) is 11.4 Å². The molecule has 1 fully saturated rings. The van der Waals surface area contributed by atoms with Gasteiger partial charge in [-0.3, -0.25) is 4.79 Å². The minimum atomic E-state index is -0.778. The molecule has 1 saturated carbocycles. The summed E-state index contributed by atoms with van der Waals surface area (Å²) in [4.78, 5) is 11.0. The number of carboxylic acids is 1. The van der Waals surface area contributed by atoms with Crippen LogP contribution in [0.3, 0.4) is 0 Å². The Hall–Kier alpha value is -1.76. The first-order chi connectivity index (χ1) is 10.6. The summed E-state index contributed by atoms with van der Waals surface area (Å²) >= 11 is 2.27. The normalized spacial score (nSPS) is 24.1. The Morgan fingerprint density at radius 1 is 1.23 bits per heavy atom. The van der Waals surface area contributed by atoms with E-state index in [9.17, 15) is 4.79 Å². The van der Waals surface area contributed by atoms with E-state index in [-0.39, 0.29) is 17.9 Å². The molecule has 0 aromatic heterocycles. The molecule has 112 valence electrons. The molecule has 0 saturated heterocycles. The molecule has 2 aromatic carbocycles. The molecule has 1 aliphatic heterocycles. The molecule has 2 aromatic rings. The molecule has 4 rings (SSSR count). The van der Waals surface area contributed by atoms with E-state index < -0.39 is 5.97 Å². The summed E-state index contributed by atoms with van der Waals surface area (Å²) < 4.78 is 12.7. The summed E-state index contributed by atoms with van der Waals surface area (Å²) in [5, 5.41) is 9.06. The summed E-state index contributed by atoms with van der Waals surface area (Å²) in [5.74, 6) is 0.349. The standard InChI is InChI=1S/C17H13IO4/c18-10-3-1-9(2-4-10)8-21-11-5-6-12-13(7-11)22-16-14(12)15(16)17(19)20/h1-7,14-16H,8H2,(H,19,20)/t14-,15-,16-/m1/s1. The van der Waals surface area contributed by atoms with Gasteiger partial charge >= 0.3 is 5.97 Å². The Bertz CT molecular complexity index is 741. The predicted octanol–water partition coefficient (Wildman–Crippen LogP) is 3.43. The number of aliphatic carboxylic acids is 1. The molecule has 0 spiro atoms. The van der Waals surface area contributed by atoms with Gasteiger partial charge in [-0.05, 0) is 46.4 Å². The zero-order valence-electron chi connectivity index (χ0n) is 11.5. The molecule has 3 atom stereocenters. The third-order valence-electron chi connectivity index (χ3n) is 4.17. The molecule has 5 heteroatoms. The van der Waals surface area contributed by atoms with Gasteiger partial charge in [-0.15, -0.1) is 0 Å². The molecule has 22 heavy (non-hydrogen) atoms. The third kappa shape index (κ3) is 2.33. The Kier molecular flexibility index (Phi) is 3.25. The lowest BCUT2D eigenvalue weighted by molar-refractivity contribution is -0.139. The lowest BCUT2D eigenvalue weighted by Crippen LogP contribution is -2.08. The highest BCUT2D eigenvalue weighted by Crippen LogP contribution is 2.58. The number of ether oxygens (including phenoxy) is 2. The summed E-state index contributed by atoms with van der Waals surface area (Å²) in [6, 6.07) is 13.8. The van der Waals surface area contributed by atoms with Crippen molar-refractivity contribution in [2.75, 3.05) is 0 Å². The maximum Gasteiger partial charge on any atom is 0.311 e. The second-order valence-electron chi connectivity index (χ2n) is 5.59. The van der Waals surface area contributed by atoms with Crippen molar-refractivity contribution in [3.8, 4) is 11.5 Å². The average molecular weight is 408 g/mol. The summed E-state index contributed by atoms with van der Waals surface area (Å²) in [6.07, 6.45) is -0.195. The third-order valence-corrected chi connectivity index (χ3v) is 4.88. The lowest BCUT2D eigenvalue weighted by atomic mass is 10.1. The zero-order chi connectivity index (χ0) is 15.3. The molecule has 0 bridgehead atoms. The Labute approximate surface area is 141 Å². The number of hydrogen-bond acceptors (Lipinski definition) is 3. The number of carbonyl (C=O) groups is 1. The van der Waals surface area contributed by atoms with Crippen LogP contribution in [0.2, 0.25) is 0 Å². The first-order valence-corrected chi connectivity index (χ1v) is 8.12. The van der Waals surface area contributed by atoms with Gasteiger partial charge in [0.05, 0.1) is 0 Å². The minimum Gasteiger partial charge on any atom is -0.489 e. The second kappa shape index (κ2) is 5.15. The fourth-order valence-corrected chi connectivity index (χ4v) is 3.33. The van der Waals surface area contributed by atoms with Crippen molar-refractivity contribution in [1.82, 2.24) is 0 Å². The molecule has 2 aliphatic rings. The largest absolute Gasteiger partial charge is 0.489 e. The Morgan fingerprint density at radius 3 is 2.73 bits per heavy atom. The van der Waals surface area contributed by atoms with Crippen molar-refractivity contribution in [3.05, 3.63) is 57.2 Å². The first kappa shape index (κ1) is 13.9. The van der Waals surface area contributed by atoms with E-state index in [4.69, 9.17) is 14.6 Å². The van der Waals surface area contributed by atoms with Crippen molar-refractivity contribution in [3.63, 3.8) is 0 Å². The second-order valence-corrected chi connectivity index (χ2v) is 6.83. The van der Waals surface area contributed by atoms with Crippen LogP contribution in [0.25, 0.3) is 0 Å². The molecule has 0 amide bonds. The van der Waals surface area contributed by atoms with Crippen LogP contribution in [0, 0.1) is 9.49 Å². The number of carboxylic acid groups (broad SMARTS) is 1. The number of rotatable bonds is 4. The van der Waals surface area contributed by atoms with Crippen LogP contribution in [-0.4, -0.2) is 17.2 Å². The van der Waals surface area contributed by atoms with Crippen molar-refractivity contribution in [2.24, 2.45) is 5.92 Å². The van der Waals surface area contributed by atoms with E-state index >= 15 is 0 Å². The van der Waals surface area contributed by atoms with Crippen LogP contribution in [0.1, 0.15) is 17.0 Å². The van der Waals surface area contributed by atoms with Gasteiger partial charge in [0.25, 0.3) is 0 Å². The van der Waals surface area contributed by atoms with E-state index in [1.807, 2.05) is 42.5 Å². The topological polar surface area (TPSA) is 55.8 Å². The van der Waals surface area contributed by atoms with Crippen LogP contribution >= 0.6 is 22.6 Å². The van der Waals surface area contributed by atoms with Gasteiger partial charge in [0.15, 0.2) is 0 Å². The smallest absolute Gasteiger partial charge is 0.311 e. The highest BCUT2D eigenvalue weighted by atomic mass is 127. The van der Waals surface area contributed by atoms with Crippen LogP contribution in [0.4, 0.5) is 0 Å². The molecule has 1 N–H and O–H groups in total. The van der Waals surface area contributed by atoms with Gasteiger partial charge in [-0.2, -0.15) is 0 Å². The highest BCUT2D eigenvalue weighted by Gasteiger charge is 2.63. The zero-order valence-corrected chi connectivity index (χ0v) is 13.7. The number of hydrogen-bond donors (Lipinski definition) is 1. The van der Waals surface area contributed by atoms with Crippen molar-refractivity contribution < 1.29 is 19.4 Å². The average Bonchev–Trinajstić information content (AvgIpc) is 3.10. The Balaban J connectivity index is 1.45. The summed E-state index contributed by atoms with van der Waals surface area (Å²) in [5.41, 5.74) is 2.09. The molecule has 0 unspecified atom stereocenters.